The minimum atomic E-state index is 0.367. The maximum absolute atomic E-state index is 8.88. The molecule has 1 aliphatic heterocycles. The van der Waals surface area contributed by atoms with Gasteiger partial charge in [0.25, 0.3) is 0 Å². The number of hydrogen-bond donors (Lipinski definition) is 1. The van der Waals surface area contributed by atoms with Gasteiger partial charge in [0.15, 0.2) is 0 Å². The Balaban J connectivity index is 1.94. The fourth-order valence-electron chi connectivity index (χ4n) is 2.87. The Morgan fingerprint density at radius 2 is 2.30 bits per heavy atom. The molecule has 0 saturated heterocycles. The summed E-state index contributed by atoms with van der Waals surface area (Å²) in [7, 11) is 0. The van der Waals surface area contributed by atoms with Crippen LogP contribution < -0.4 is 10.6 Å². The second-order valence-corrected chi connectivity index (χ2v) is 6.14. The number of benzene rings is 1. The molecule has 4 heteroatoms. The second kappa shape index (κ2) is 5.18. The summed E-state index contributed by atoms with van der Waals surface area (Å²) in [6.07, 6.45) is 1.46. The highest BCUT2D eigenvalue weighted by molar-refractivity contribution is 7.10. The number of rotatable bonds is 2. The molecule has 0 spiro atoms. The third-order valence-electron chi connectivity index (χ3n) is 4.00. The topological polar surface area (TPSA) is 53.0 Å². The highest BCUT2D eigenvalue weighted by Crippen LogP contribution is 2.36. The van der Waals surface area contributed by atoms with Crippen LogP contribution in [-0.2, 0) is 12.8 Å². The molecule has 20 heavy (non-hydrogen) atoms. The molecule has 102 valence electrons. The highest BCUT2D eigenvalue weighted by atomic mass is 32.1. The average Bonchev–Trinajstić information content (AvgIpc) is 2.92. The molecule has 1 atom stereocenters. The Labute approximate surface area is 123 Å². The summed E-state index contributed by atoms with van der Waals surface area (Å²) in [6.45, 7) is 3.26. The number of hydrogen-bond acceptors (Lipinski definition) is 4. The number of nitrogens with two attached hydrogens (primary N) is 1. The van der Waals surface area contributed by atoms with Gasteiger partial charge < -0.3 is 10.6 Å². The van der Waals surface area contributed by atoms with E-state index in [2.05, 4.69) is 41.5 Å². The van der Waals surface area contributed by atoms with Gasteiger partial charge in [0, 0.05) is 22.8 Å². The van der Waals surface area contributed by atoms with Gasteiger partial charge in [-0.2, -0.15) is 5.26 Å². The summed E-state index contributed by atoms with van der Waals surface area (Å²) < 4.78 is 0. The standard InChI is InChI=1S/C16H17N3S/c1-11-14-6-9-20-16(14)5-8-19(11)13-2-3-15(18)12(10-13)4-7-17/h2-3,6,9-11H,4-5,8,18H2,1H3. The van der Waals surface area contributed by atoms with Gasteiger partial charge in [0.05, 0.1) is 18.5 Å². The Hall–Kier alpha value is -1.99. The molecular weight excluding hydrogens is 266 g/mol. The first-order valence-corrected chi connectivity index (χ1v) is 7.67. The minimum Gasteiger partial charge on any atom is -0.398 e. The van der Waals surface area contributed by atoms with Crippen molar-refractivity contribution >= 4 is 22.7 Å². The smallest absolute Gasteiger partial charge is 0.0670 e. The summed E-state index contributed by atoms with van der Waals surface area (Å²) in [4.78, 5) is 3.90. The zero-order valence-corrected chi connectivity index (χ0v) is 12.3. The van der Waals surface area contributed by atoms with E-state index in [4.69, 9.17) is 11.0 Å². The lowest BCUT2D eigenvalue weighted by molar-refractivity contribution is 0.632. The fraction of sp³-hybridized carbons (Fsp3) is 0.312. The quantitative estimate of drug-likeness (QED) is 0.858. The number of fused-ring (bicyclic) bond motifs is 1. The van der Waals surface area contributed by atoms with Crippen LogP contribution in [-0.4, -0.2) is 6.54 Å². The first kappa shape index (κ1) is 13.0. The third-order valence-corrected chi connectivity index (χ3v) is 5.00. The molecule has 2 N–H and O–H groups in total. The van der Waals surface area contributed by atoms with Crippen LogP contribution in [0.15, 0.2) is 29.6 Å². The third kappa shape index (κ3) is 2.14. The predicted molar refractivity (Wildman–Crippen MR) is 84.0 cm³/mol. The Bertz CT molecular complexity index is 669. The van der Waals surface area contributed by atoms with Crippen molar-refractivity contribution in [1.82, 2.24) is 0 Å². The molecule has 3 nitrogen and oxygen atoms in total. The van der Waals surface area contributed by atoms with Gasteiger partial charge in [-0.05, 0) is 54.1 Å². The van der Waals surface area contributed by atoms with Gasteiger partial charge in [-0.3, -0.25) is 0 Å². The molecule has 1 aromatic heterocycles. The van der Waals surface area contributed by atoms with E-state index >= 15 is 0 Å². The zero-order chi connectivity index (χ0) is 14.1. The Morgan fingerprint density at radius 1 is 1.45 bits per heavy atom. The normalized spacial score (nSPS) is 17.6. The van der Waals surface area contributed by atoms with E-state index in [1.807, 2.05) is 17.4 Å². The van der Waals surface area contributed by atoms with Crippen molar-refractivity contribution in [2.24, 2.45) is 0 Å². The van der Waals surface area contributed by atoms with E-state index in [9.17, 15) is 0 Å². The molecule has 0 aliphatic carbocycles. The Kier molecular flexibility index (Phi) is 3.37. The second-order valence-electron chi connectivity index (χ2n) is 5.14. The predicted octanol–water partition coefficient (Wildman–Crippen LogP) is 3.52. The molecule has 2 aromatic rings. The zero-order valence-electron chi connectivity index (χ0n) is 11.5. The molecule has 3 rings (SSSR count). The largest absolute Gasteiger partial charge is 0.398 e. The number of nitriles is 1. The van der Waals surface area contributed by atoms with Crippen LogP contribution in [0, 0.1) is 11.3 Å². The summed E-state index contributed by atoms with van der Waals surface area (Å²) in [5, 5.41) is 11.1. The number of nitrogen functional groups attached to an aromatic ring is 1. The Morgan fingerprint density at radius 3 is 3.10 bits per heavy atom. The maximum atomic E-state index is 8.88. The number of thiophene rings is 1. The summed E-state index contributed by atoms with van der Waals surface area (Å²) in [5.74, 6) is 0. The van der Waals surface area contributed by atoms with E-state index in [-0.39, 0.29) is 0 Å². The van der Waals surface area contributed by atoms with Crippen LogP contribution in [0.3, 0.4) is 0 Å². The van der Waals surface area contributed by atoms with Crippen LogP contribution in [0.2, 0.25) is 0 Å². The number of nitrogens with zero attached hydrogens (tertiary/aromatic N) is 2. The molecule has 1 unspecified atom stereocenters. The molecule has 1 aliphatic rings. The van der Waals surface area contributed by atoms with E-state index in [0.717, 1.165) is 24.2 Å². The van der Waals surface area contributed by atoms with Crippen LogP contribution in [0.5, 0.6) is 0 Å². The van der Waals surface area contributed by atoms with Crippen LogP contribution >= 0.6 is 11.3 Å². The van der Waals surface area contributed by atoms with Gasteiger partial charge in [-0.1, -0.05) is 0 Å². The van der Waals surface area contributed by atoms with Gasteiger partial charge in [-0.15, -0.1) is 11.3 Å². The fourth-order valence-corrected chi connectivity index (χ4v) is 3.83. The molecular formula is C16H17N3S. The highest BCUT2D eigenvalue weighted by Gasteiger charge is 2.25. The SMILES string of the molecule is CC1c2ccsc2CCN1c1ccc(N)c(CC#N)c1. The lowest BCUT2D eigenvalue weighted by Gasteiger charge is -2.36. The van der Waals surface area contributed by atoms with Crippen molar-refractivity contribution < 1.29 is 0 Å². The van der Waals surface area contributed by atoms with Crippen molar-refractivity contribution in [1.29, 1.82) is 5.26 Å². The van der Waals surface area contributed by atoms with Crippen LogP contribution in [0.1, 0.15) is 29.0 Å². The molecule has 1 aromatic carbocycles. The van der Waals surface area contributed by atoms with Gasteiger partial charge in [0.1, 0.15) is 0 Å². The van der Waals surface area contributed by atoms with Crippen molar-refractivity contribution in [2.75, 3.05) is 17.2 Å². The monoisotopic (exact) mass is 283 g/mol. The van der Waals surface area contributed by atoms with Gasteiger partial charge in [-0.25, -0.2) is 0 Å². The van der Waals surface area contributed by atoms with Crippen molar-refractivity contribution in [3.8, 4) is 6.07 Å². The van der Waals surface area contributed by atoms with Gasteiger partial charge in [0.2, 0.25) is 0 Å². The van der Waals surface area contributed by atoms with Gasteiger partial charge >= 0.3 is 0 Å². The molecule has 0 bridgehead atoms. The summed E-state index contributed by atoms with van der Waals surface area (Å²) in [6, 6.07) is 10.8. The maximum Gasteiger partial charge on any atom is 0.0670 e. The van der Waals surface area contributed by atoms with E-state index in [1.54, 1.807) is 0 Å². The molecule has 0 radical (unpaired) electrons. The summed E-state index contributed by atoms with van der Waals surface area (Å²) >= 11 is 1.85. The van der Waals surface area contributed by atoms with Crippen molar-refractivity contribution in [2.45, 2.75) is 25.8 Å². The first-order chi connectivity index (χ1) is 9.70. The molecule has 0 fully saturated rings. The average molecular weight is 283 g/mol. The van der Waals surface area contributed by atoms with E-state index in [0.29, 0.717) is 18.2 Å². The number of anilines is 2. The molecule has 0 saturated carbocycles. The van der Waals surface area contributed by atoms with Crippen LogP contribution in [0.4, 0.5) is 11.4 Å². The molecule has 0 amide bonds. The lowest BCUT2D eigenvalue weighted by atomic mass is 9.99. The van der Waals surface area contributed by atoms with Crippen molar-refractivity contribution in [3.05, 3.63) is 45.6 Å². The molecule has 2 heterocycles. The minimum absolute atomic E-state index is 0.367. The first-order valence-electron chi connectivity index (χ1n) is 6.79. The summed E-state index contributed by atoms with van der Waals surface area (Å²) in [5.41, 5.74) is 10.2. The lowest BCUT2D eigenvalue weighted by Crippen LogP contribution is -2.33. The van der Waals surface area contributed by atoms with Crippen LogP contribution in [0.25, 0.3) is 0 Å². The van der Waals surface area contributed by atoms with E-state index in [1.165, 1.54) is 10.4 Å². The van der Waals surface area contributed by atoms with E-state index < -0.39 is 0 Å². The van der Waals surface area contributed by atoms with Crippen molar-refractivity contribution in [3.63, 3.8) is 0 Å².